The molecule has 0 aliphatic carbocycles. The van der Waals surface area contributed by atoms with Crippen LogP contribution in [0.2, 0.25) is 0 Å². The molecule has 2 heterocycles. The molecule has 0 saturated heterocycles. The Balaban J connectivity index is 1.80. The van der Waals surface area contributed by atoms with Crippen molar-refractivity contribution in [2.45, 2.75) is 6.54 Å². The number of imidazole rings is 1. The second kappa shape index (κ2) is 4.84. The van der Waals surface area contributed by atoms with Crippen LogP contribution in [-0.4, -0.2) is 14.5 Å². The van der Waals surface area contributed by atoms with E-state index in [1.54, 1.807) is 6.20 Å². The number of allylic oxidation sites excluding steroid dienone is 1. The molecule has 0 bridgehead atoms. The Morgan fingerprint density at radius 3 is 3.06 bits per heavy atom. The molecular weight excluding hydrogens is 222 g/mol. The van der Waals surface area contributed by atoms with Gasteiger partial charge in [0.25, 0.3) is 0 Å². The zero-order chi connectivity index (χ0) is 12.2. The molecule has 0 N–H and O–H groups in total. The molecule has 0 radical (unpaired) electrons. The van der Waals surface area contributed by atoms with Gasteiger partial charge in [0.1, 0.15) is 0 Å². The Labute approximate surface area is 105 Å². The van der Waals surface area contributed by atoms with Crippen molar-refractivity contribution in [1.82, 2.24) is 14.5 Å². The van der Waals surface area contributed by atoms with Gasteiger partial charge in [-0.25, -0.2) is 4.98 Å². The van der Waals surface area contributed by atoms with E-state index in [9.17, 15) is 0 Å². The molecular formula is C15H13N3. The van der Waals surface area contributed by atoms with Gasteiger partial charge in [-0.15, -0.1) is 0 Å². The molecule has 88 valence electrons. The van der Waals surface area contributed by atoms with E-state index < -0.39 is 0 Å². The van der Waals surface area contributed by atoms with E-state index in [-0.39, 0.29) is 0 Å². The quantitative estimate of drug-likeness (QED) is 0.698. The number of rotatable bonds is 3. The maximum absolute atomic E-state index is 4.43. The molecule has 0 amide bonds. The number of nitrogens with zero attached hydrogens (tertiary/aromatic N) is 3. The summed E-state index contributed by atoms with van der Waals surface area (Å²) in [6.45, 7) is 0.826. The minimum atomic E-state index is 0.826. The molecule has 0 fully saturated rings. The second-order valence-electron chi connectivity index (χ2n) is 4.12. The molecule has 3 rings (SSSR count). The van der Waals surface area contributed by atoms with Crippen molar-refractivity contribution >= 4 is 17.0 Å². The molecule has 3 nitrogen and oxygen atoms in total. The normalized spacial score (nSPS) is 11.3. The number of para-hydroxylation sites is 1. The first-order valence-corrected chi connectivity index (χ1v) is 5.89. The van der Waals surface area contributed by atoms with Gasteiger partial charge >= 0.3 is 0 Å². The third kappa shape index (κ3) is 2.30. The van der Waals surface area contributed by atoms with E-state index in [0.29, 0.717) is 0 Å². The first-order valence-electron chi connectivity index (χ1n) is 5.89. The Morgan fingerprint density at radius 1 is 1.22 bits per heavy atom. The molecule has 2 aromatic heterocycles. The van der Waals surface area contributed by atoms with Crippen LogP contribution in [0.1, 0.15) is 5.56 Å². The first-order chi connectivity index (χ1) is 8.92. The highest BCUT2D eigenvalue weighted by Crippen LogP contribution is 2.13. The van der Waals surface area contributed by atoms with E-state index in [1.165, 1.54) is 5.39 Å². The molecule has 0 saturated carbocycles. The van der Waals surface area contributed by atoms with Crippen molar-refractivity contribution in [3.63, 3.8) is 0 Å². The number of benzene rings is 1. The van der Waals surface area contributed by atoms with Gasteiger partial charge in [-0.3, -0.25) is 4.98 Å². The summed E-state index contributed by atoms with van der Waals surface area (Å²) in [4.78, 5) is 8.43. The molecule has 0 aliphatic heterocycles. The van der Waals surface area contributed by atoms with E-state index in [4.69, 9.17) is 0 Å². The van der Waals surface area contributed by atoms with Gasteiger partial charge in [-0.05, 0) is 17.7 Å². The van der Waals surface area contributed by atoms with Gasteiger partial charge in [-0.2, -0.15) is 0 Å². The summed E-state index contributed by atoms with van der Waals surface area (Å²) < 4.78 is 2.02. The average molecular weight is 235 g/mol. The van der Waals surface area contributed by atoms with Crippen LogP contribution in [0.5, 0.6) is 0 Å². The fourth-order valence-corrected chi connectivity index (χ4v) is 1.88. The molecule has 3 heteroatoms. The third-order valence-corrected chi connectivity index (χ3v) is 2.80. The Kier molecular flexibility index (Phi) is 2.88. The molecule has 0 unspecified atom stereocenters. The topological polar surface area (TPSA) is 30.7 Å². The van der Waals surface area contributed by atoms with Crippen LogP contribution < -0.4 is 0 Å². The highest BCUT2D eigenvalue weighted by molar-refractivity contribution is 5.80. The standard InChI is InChI=1S/C15H13N3/c1-2-6-15-14(5-1)10-13(11-17-15)4-3-8-18-9-7-16-12-18/h1-7,9-12H,8H2/b4-3+. The number of fused-ring (bicyclic) bond motifs is 1. The summed E-state index contributed by atoms with van der Waals surface area (Å²) in [6, 6.07) is 10.3. The summed E-state index contributed by atoms with van der Waals surface area (Å²) in [5, 5.41) is 1.17. The summed E-state index contributed by atoms with van der Waals surface area (Å²) in [6.07, 6.45) is 11.6. The van der Waals surface area contributed by atoms with Crippen LogP contribution >= 0.6 is 0 Å². The molecule has 0 atom stereocenters. The maximum atomic E-state index is 4.43. The Hall–Kier alpha value is -2.42. The van der Waals surface area contributed by atoms with Crippen LogP contribution in [-0.2, 0) is 6.54 Å². The summed E-state index contributed by atoms with van der Waals surface area (Å²) in [5.74, 6) is 0. The monoisotopic (exact) mass is 235 g/mol. The lowest BCUT2D eigenvalue weighted by molar-refractivity contribution is 0.823. The highest BCUT2D eigenvalue weighted by atomic mass is 15.0. The highest BCUT2D eigenvalue weighted by Gasteiger charge is 1.94. The third-order valence-electron chi connectivity index (χ3n) is 2.80. The summed E-state index contributed by atoms with van der Waals surface area (Å²) in [5.41, 5.74) is 2.15. The molecule has 0 aliphatic rings. The SMILES string of the molecule is C(=C\c1cnc2ccccc2c1)/Cn1ccnc1. The lowest BCUT2D eigenvalue weighted by Gasteiger charge is -1.99. The lowest BCUT2D eigenvalue weighted by Crippen LogP contribution is -1.89. The maximum Gasteiger partial charge on any atom is 0.0948 e. The average Bonchev–Trinajstić information content (AvgIpc) is 2.92. The van der Waals surface area contributed by atoms with Gasteiger partial charge in [-0.1, -0.05) is 30.4 Å². The van der Waals surface area contributed by atoms with Gasteiger partial charge in [0.05, 0.1) is 11.8 Å². The minimum absolute atomic E-state index is 0.826. The predicted octanol–water partition coefficient (Wildman–Crippen LogP) is 3.14. The molecule has 3 aromatic rings. The van der Waals surface area contributed by atoms with Gasteiger partial charge in [0, 0.05) is 30.5 Å². The van der Waals surface area contributed by atoms with E-state index in [1.807, 2.05) is 41.5 Å². The van der Waals surface area contributed by atoms with Crippen LogP contribution in [0.3, 0.4) is 0 Å². The van der Waals surface area contributed by atoms with Crippen molar-refractivity contribution < 1.29 is 0 Å². The van der Waals surface area contributed by atoms with Crippen molar-refractivity contribution in [3.8, 4) is 0 Å². The van der Waals surface area contributed by atoms with Gasteiger partial charge in [0.15, 0.2) is 0 Å². The zero-order valence-corrected chi connectivity index (χ0v) is 9.90. The number of aromatic nitrogens is 3. The number of hydrogen-bond acceptors (Lipinski definition) is 2. The van der Waals surface area contributed by atoms with Gasteiger partial charge < -0.3 is 4.57 Å². The van der Waals surface area contributed by atoms with Crippen molar-refractivity contribution in [3.05, 3.63) is 66.9 Å². The van der Waals surface area contributed by atoms with Crippen molar-refractivity contribution in [1.29, 1.82) is 0 Å². The van der Waals surface area contributed by atoms with E-state index in [0.717, 1.165) is 17.6 Å². The van der Waals surface area contributed by atoms with Crippen molar-refractivity contribution in [2.75, 3.05) is 0 Å². The second-order valence-corrected chi connectivity index (χ2v) is 4.12. The summed E-state index contributed by atoms with van der Waals surface area (Å²) >= 11 is 0. The van der Waals surface area contributed by atoms with Crippen LogP contribution in [0.15, 0.2) is 61.3 Å². The largest absolute Gasteiger partial charge is 0.334 e. The molecule has 1 aromatic carbocycles. The van der Waals surface area contributed by atoms with Crippen LogP contribution in [0, 0.1) is 0 Å². The van der Waals surface area contributed by atoms with Crippen LogP contribution in [0.4, 0.5) is 0 Å². The van der Waals surface area contributed by atoms with Gasteiger partial charge in [0.2, 0.25) is 0 Å². The number of pyridine rings is 1. The Morgan fingerprint density at radius 2 is 2.17 bits per heavy atom. The van der Waals surface area contributed by atoms with Crippen LogP contribution in [0.25, 0.3) is 17.0 Å². The predicted molar refractivity (Wildman–Crippen MR) is 73.0 cm³/mol. The fraction of sp³-hybridized carbons (Fsp3) is 0.0667. The van der Waals surface area contributed by atoms with E-state index >= 15 is 0 Å². The van der Waals surface area contributed by atoms with E-state index in [2.05, 4.69) is 34.3 Å². The van der Waals surface area contributed by atoms with Crippen molar-refractivity contribution in [2.24, 2.45) is 0 Å². The molecule has 0 spiro atoms. The first kappa shape index (κ1) is 10.7. The summed E-state index contributed by atoms with van der Waals surface area (Å²) in [7, 11) is 0. The number of hydrogen-bond donors (Lipinski definition) is 0. The molecule has 18 heavy (non-hydrogen) atoms. The Bertz CT molecular complexity index is 669. The lowest BCUT2D eigenvalue weighted by atomic mass is 10.1. The smallest absolute Gasteiger partial charge is 0.0948 e. The zero-order valence-electron chi connectivity index (χ0n) is 9.90. The minimum Gasteiger partial charge on any atom is -0.334 e. The fourth-order valence-electron chi connectivity index (χ4n) is 1.88.